The van der Waals surface area contributed by atoms with Gasteiger partial charge in [0.05, 0.1) is 5.56 Å². The van der Waals surface area contributed by atoms with Gasteiger partial charge >= 0.3 is 6.18 Å². The molecule has 1 fully saturated rings. The molecule has 7 heteroatoms. The number of phenolic OH excluding ortho intramolecular Hbond substituents is 1. The first kappa shape index (κ1) is 18.6. The maximum atomic E-state index is 12.7. The smallest absolute Gasteiger partial charge is 0.417 e. The van der Waals surface area contributed by atoms with E-state index in [4.69, 9.17) is 0 Å². The Labute approximate surface area is 160 Å². The summed E-state index contributed by atoms with van der Waals surface area (Å²) >= 11 is 0. The van der Waals surface area contributed by atoms with Gasteiger partial charge in [0.15, 0.2) is 0 Å². The van der Waals surface area contributed by atoms with Gasteiger partial charge in [0.2, 0.25) is 0 Å². The Balaban J connectivity index is 1.43. The van der Waals surface area contributed by atoms with Crippen LogP contribution in [0.1, 0.15) is 11.1 Å². The van der Waals surface area contributed by atoms with Gasteiger partial charge in [-0.15, -0.1) is 0 Å². The van der Waals surface area contributed by atoms with Crippen molar-refractivity contribution in [2.45, 2.75) is 12.7 Å². The van der Waals surface area contributed by atoms with Gasteiger partial charge < -0.3 is 10.0 Å². The molecule has 0 radical (unpaired) electrons. The van der Waals surface area contributed by atoms with Crippen molar-refractivity contribution in [3.05, 3.63) is 65.9 Å². The Morgan fingerprint density at radius 3 is 2.36 bits per heavy atom. The van der Waals surface area contributed by atoms with E-state index in [1.165, 1.54) is 6.07 Å². The number of alkyl halides is 3. The second-order valence-corrected chi connectivity index (χ2v) is 6.95. The molecule has 1 aliphatic rings. The summed E-state index contributed by atoms with van der Waals surface area (Å²) in [6, 6.07) is 14.1. The highest BCUT2D eigenvalue weighted by Crippen LogP contribution is 2.30. The summed E-state index contributed by atoms with van der Waals surface area (Å²) < 4.78 is 38.0. The van der Waals surface area contributed by atoms with E-state index in [0.29, 0.717) is 25.5 Å². The molecule has 0 spiro atoms. The van der Waals surface area contributed by atoms with Crippen LogP contribution in [0.3, 0.4) is 0 Å². The second-order valence-electron chi connectivity index (χ2n) is 6.95. The Hall–Kier alpha value is -2.80. The van der Waals surface area contributed by atoms with Crippen molar-refractivity contribution in [3.8, 4) is 5.75 Å². The van der Waals surface area contributed by atoms with Gasteiger partial charge in [0.25, 0.3) is 0 Å². The number of hydrogen-bond donors (Lipinski definition) is 1. The lowest BCUT2D eigenvalue weighted by molar-refractivity contribution is -0.137. The first-order chi connectivity index (χ1) is 13.4. The Kier molecular flexibility index (Phi) is 4.85. The fourth-order valence-electron chi connectivity index (χ4n) is 3.59. The molecule has 1 saturated heterocycles. The van der Waals surface area contributed by atoms with Crippen molar-refractivity contribution < 1.29 is 18.3 Å². The highest BCUT2D eigenvalue weighted by Gasteiger charge is 2.31. The quantitative estimate of drug-likeness (QED) is 0.728. The third-order valence-corrected chi connectivity index (χ3v) is 5.17. The van der Waals surface area contributed by atoms with E-state index in [-0.39, 0.29) is 5.75 Å². The highest BCUT2D eigenvalue weighted by molar-refractivity contribution is 5.87. The molecule has 2 aromatic carbocycles. The van der Waals surface area contributed by atoms with E-state index in [1.807, 2.05) is 35.2 Å². The van der Waals surface area contributed by atoms with Gasteiger partial charge in [-0.2, -0.15) is 13.2 Å². The van der Waals surface area contributed by atoms with Crippen molar-refractivity contribution >= 4 is 16.6 Å². The standard InChI is InChI=1S/C21H20F3N3O/c22-21(23,24)16-6-8-20(25-13-16)27-11-9-26(10-12-27)14-18-17-4-2-1-3-15(17)5-7-19(18)28/h1-8,13,28H,9-12,14H2. The Morgan fingerprint density at radius 2 is 1.68 bits per heavy atom. The zero-order valence-corrected chi connectivity index (χ0v) is 15.2. The maximum absolute atomic E-state index is 12.7. The summed E-state index contributed by atoms with van der Waals surface area (Å²) in [6.07, 6.45) is -3.49. The Morgan fingerprint density at radius 1 is 0.929 bits per heavy atom. The predicted molar refractivity (Wildman–Crippen MR) is 102 cm³/mol. The number of fused-ring (bicyclic) bond motifs is 1. The number of aromatic nitrogens is 1. The molecule has 0 saturated carbocycles. The SMILES string of the molecule is Oc1ccc2ccccc2c1CN1CCN(c2ccc(C(F)(F)F)cn2)CC1. The van der Waals surface area contributed by atoms with Crippen molar-refractivity contribution in [2.75, 3.05) is 31.1 Å². The van der Waals surface area contributed by atoms with E-state index in [0.717, 1.165) is 41.7 Å². The summed E-state index contributed by atoms with van der Waals surface area (Å²) in [5.74, 6) is 0.839. The summed E-state index contributed by atoms with van der Waals surface area (Å²) in [5.41, 5.74) is 0.167. The number of anilines is 1. The van der Waals surface area contributed by atoms with Gasteiger partial charge in [-0.1, -0.05) is 30.3 Å². The number of aromatic hydroxyl groups is 1. The number of phenols is 1. The molecular weight excluding hydrogens is 367 g/mol. The van der Waals surface area contributed by atoms with Crippen LogP contribution in [-0.2, 0) is 12.7 Å². The molecule has 0 unspecified atom stereocenters. The zero-order valence-electron chi connectivity index (χ0n) is 15.2. The first-order valence-electron chi connectivity index (χ1n) is 9.12. The molecule has 0 aliphatic carbocycles. The van der Waals surface area contributed by atoms with E-state index >= 15 is 0 Å². The molecule has 2 heterocycles. The number of benzene rings is 2. The zero-order chi connectivity index (χ0) is 19.7. The summed E-state index contributed by atoms with van der Waals surface area (Å²) in [4.78, 5) is 8.20. The van der Waals surface area contributed by atoms with Crippen LogP contribution in [0.4, 0.5) is 19.0 Å². The number of hydrogen-bond acceptors (Lipinski definition) is 4. The van der Waals surface area contributed by atoms with E-state index in [9.17, 15) is 18.3 Å². The Bertz CT molecular complexity index is 965. The van der Waals surface area contributed by atoms with E-state index in [1.54, 1.807) is 6.07 Å². The van der Waals surface area contributed by atoms with E-state index in [2.05, 4.69) is 9.88 Å². The summed E-state index contributed by atoms with van der Waals surface area (Å²) in [6.45, 7) is 3.45. The molecule has 0 amide bonds. The third-order valence-electron chi connectivity index (χ3n) is 5.17. The molecule has 4 rings (SSSR count). The van der Waals surface area contributed by atoms with Gasteiger partial charge in [-0.05, 0) is 29.0 Å². The molecular formula is C21H20F3N3O. The minimum Gasteiger partial charge on any atom is -0.508 e. The van der Waals surface area contributed by atoms with Gasteiger partial charge in [0.1, 0.15) is 11.6 Å². The maximum Gasteiger partial charge on any atom is 0.417 e. The van der Waals surface area contributed by atoms with Crippen LogP contribution in [0.5, 0.6) is 5.75 Å². The molecule has 1 aliphatic heterocycles. The molecule has 3 aromatic rings. The van der Waals surface area contributed by atoms with Gasteiger partial charge in [-0.25, -0.2) is 4.98 Å². The van der Waals surface area contributed by atoms with Gasteiger partial charge in [-0.3, -0.25) is 4.90 Å². The highest BCUT2D eigenvalue weighted by atomic mass is 19.4. The largest absolute Gasteiger partial charge is 0.508 e. The molecule has 146 valence electrons. The topological polar surface area (TPSA) is 39.6 Å². The number of rotatable bonds is 3. The average molecular weight is 387 g/mol. The third kappa shape index (κ3) is 3.75. The molecule has 0 bridgehead atoms. The van der Waals surface area contributed by atoms with Gasteiger partial charge in [0, 0.05) is 44.5 Å². The van der Waals surface area contributed by atoms with Crippen LogP contribution in [-0.4, -0.2) is 41.2 Å². The van der Waals surface area contributed by atoms with Crippen molar-refractivity contribution in [3.63, 3.8) is 0 Å². The van der Waals surface area contributed by atoms with Crippen molar-refractivity contribution in [1.29, 1.82) is 0 Å². The molecule has 4 nitrogen and oxygen atoms in total. The van der Waals surface area contributed by atoms with Crippen LogP contribution >= 0.6 is 0 Å². The lowest BCUT2D eigenvalue weighted by Gasteiger charge is -2.35. The van der Waals surface area contributed by atoms with Crippen molar-refractivity contribution in [1.82, 2.24) is 9.88 Å². The fourth-order valence-corrected chi connectivity index (χ4v) is 3.59. The molecule has 1 N–H and O–H groups in total. The van der Waals surface area contributed by atoms with Crippen LogP contribution in [0.25, 0.3) is 10.8 Å². The second kappa shape index (κ2) is 7.31. The molecule has 1 aromatic heterocycles. The lowest BCUT2D eigenvalue weighted by atomic mass is 10.0. The minimum absolute atomic E-state index is 0.283. The monoisotopic (exact) mass is 387 g/mol. The van der Waals surface area contributed by atoms with Crippen LogP contribution in [0.15, 0.2) is 54.7 Å². The lowest BCUT2D eigenvalue weighted by Crippen LogP contribution is -2.46. The molecule has 28 heavy (non-hydrogen) atoms. The normalized spacial score (nSPS) is 15.9. The van der Waals surface area contributed by atoms with Crippen LogP contribution < -0.4 is 4.90 Å². The number of halogens is 3. The summed E-state index contributed by atoms with van der Waals surface area (Å²) in [7, 11) is 0. The number of nitrogens with zero attached hydrogens (tertiary/aromatic N) is 3. The van der Waals surface area contributed by atoms with Crippen LogP contribution in [0, 0.1) is 0 Å². The fraction of sp³-hybridized carbons (Fsp3) is 0.286. The summed E-state index contributed by atoms with van der Waals surface area (Å²) in [5, 5.41) is 12.4. The van der Waals surface area contributed by atoms with E-state index < -0.39 is 11.7 Å². The first-order valence-corrected chi connectivity index (χ1v) is 9.12. The number of piperazine rings is 1. The average Bonchev–Trinajstić information content (AvgIpc) is 2.70. The predicted octanol–water partition coefficient (Wildman–Crippen LogP) is 4.28. The van der Waals surface area contributed by atoms with Crippen LogP contribution in [0.2, 0.25) is 0 Å². The number of pyridine rings is 1. The minimum atomic E-state index is -4.37. The molecule has 0 atom stereocenters. The van der Waals surface area contributed by atoms with Crippen molar-refractivity contribution in [2.24, 2.45) is 0 Å².